The highest BCUT2D eigenvalue weighted by Gasteiger charge is 2.29. The zero-order valence-corrected chi connectivity index (χ0v) is 9.89. The maximum atomic E-state index is 8.91. The summed E-state index contributed by atoms with van der Waals surface area (Å²) < 4.78 is 10.6. The van der Waals surface area contributed by atoms with Crippen LogP contribution in [-0.2, 0) is 9.47 Å². The third-order valence-corrected chi connectivity index (χ3v) is 2.82. The average molecular weight is 272 g/mol. The number of hydrogen-bond donors (Lipinski definition) is 3. The highest BCUT2D eigenvalue weighted by Crippen LogP contribution is 2.27. The van der Waals surface area contributed by atoms with Crippen molar-refractivity contribution in [1.29, 1.82) is 0 Å². The van der Waals surface area contributed by atoms with E-state index in [1.807, 2.05) is 0 Å². The molecule has 9 heteroatoms. The van der Waals surface area contributed by atoms with Crippen molar-refractivity contribution < 1.29 is 14.6 Å². The molecule has 2 aromatic heterocycles. The van der Waals surface area contributed by atoms with Crippen molar-refractivity contribution in [1.82, 2.24) is 19.9 Å². The van der Waals surface area contributed by atoms with Crippen LogP contribution >= 0.6 is 11.6 Å². The maximum absolute atomic E-state index is 8.91. The van der Waals surface area contributed by atoms with Crippen molar-refractivity contribution in [3.63, 3.8) is 0 Å². The number of rotatable bonds is 2. The van der Waals surface area contributed by atoms with Gasteiger partial charge in [0.05, 0.1) is 13.2 Å². The zero-order valence-electron chi connectivity index (χ0n) is 9.13. The molecule has 2 unspecified atom stereocenters. The van der Waals surface area contributed by atoms with Crippen LogP contribution < -0.4 is 5.73 Å². The normalized spacial score (nSPS) is 23.9. The molecule has 0 aliphatic carbocycles. The second-order valence-corrected chi connectivity index (χ2v) is 4.12. The zero-order chi connectivity index (χ0) is 12.7. The van der Waals surface area contributed by atoms with E-state index in [2.05, 4.69) is 19.9 Å². The third kappa shape index (κ3) is 1.89. The van der Waals surface area contributed by atoms with Crippen molar-refractivity contribution in [3.8, 4) is 0 Å². The molecule has 0 radical (unpaired) electrons. The topological polar surface area (TPSA) is 119 Å². The van der Waals surface area contributed by atoms with E-state index >= 15 is 0 Å². The molecule has 3 rings (SSSR count). The molecule has 1 fully saturated rings. The van der Waals surface area contributed by atoms with Crippen molar-refractivity contribution in [3.05, 3.63) is 11.0 Å². The van der Waals surface area contributed by atoms with Gasteiger partial charge < -0.3 is 25.3 Å². The smallest absolute Gasteiger partial charge is 0.223 e. The number of ether oxygens (including phenoxy) is 2. The summed E-state index contributed by atoms with van der Waals surface area (Å²) in [5, 5.41) is 9.11. The Morgan fingerprint density at radius 1 is 1.44 bits per heavy atom. The van der Waals surface area contributed by atoms with E-state index in [1.165, 1.54) is 0 Å². The summed E-state index contributed by atoms with van der Waals surface area (Å²) in [6, 6.07) is 0. The van der Waals surface area contributed by atoms with Crippen LogP contribution in [0.25, 0.3) is 11.2 Å². The van der Waals surface area contributed by atoms with Crippen LogP contribution in [0, 0.1) is 0 Å². The fraction of sp³-hybridized carbons (Fsp3) is 0.444. The Morgan fingerprint density at radius 3 is 3.00 bits per heavy atom. The Bertz CT molecular complexity index is 589. The van der Waals surface area contributed by atoms with Crippen LogP contribution in [0.1, 0.15) is 11.9 Å². The quantitative estimate of drug-likeness (QED) is 0.657. The number of aromatic nitrogens is 4. The lowest BCUT2D eigenvalue weighted by molar-refractivity contribution is -0.0890. The number of H-pyrrole nitrogens is 1. The molecule has 4 N–H and O–H groups in total. The van der Waals surface area contributed by atoms with Gasteiger partial charge in [0.25, 0.3) is 0 Å². The van der Waals surface area contributed by atoms with Gasteiger partial charge in [-0.3, -0.25) is 0 Å². The Morgan fingerprint density at radius 2 is 2.28 bits per heavy atom. The molecule has 0 spiro atoms. The lowest BCUT2D eigenvalue weighted by Crippen LogP contribution is -2.13. The SMILES string of the molecule is Nc1nc(Cl)c2[nH]c(C3COC(CO)O3)nc2n1. The van der Waals surface area contributed by atoms with Gasteiger partial charge in [-0.05, 0) is 0 Å². The van der Waals surface area contributed by atoms with Gasteiger partial charge in [-0.15, -0.1) is 0 Å². The lowest BCUT2D eigenvalue weighted by Gasteiger charge is -2.05. The van der Waals surface area contributed by atoms with Gasteiger partial charge in [0.15, 0.2) is 17.1 Å². The molecule has 1 aliphatic rings. The molecule has 96 valence electrons. The summed E-state index contributed by atoms with van der Waals surface area (Å²) in [5.41, 5.74) is 6.35. The number of fused-ring (bicyclic) bond motifs is 1. The number of nitrogens with one attached hydrogen (secondary N) is 1. The average Bonchev–Trinajstić information content (AvgIpc) is 2.93. The predicted octanol–water partition coefficient (Wildman–Crippen LogP) is -0.00520. The molecule has 3 heterocycles. The number of halogens is 1. The van der Waals surface area contributed by atoms with E-state index in [1.54, 1.807) is 0 Å². The molecule has 2 aromatic rings. The van der Waals surface area contributed by atoms with Gasteiger partial charge in [-0.1, -0.05) is 11.6 Å². The first-order valence-electron chi connectivity index (χ1n) is 5.24. The number of aromatic amines is 1. The number of hydrogen-bond acceptors (Lipinski definition) is 7. The van der Waals surface area contributed by atoms with E-state index in [9.17, 15) is 0 Å². The fourth-order valence-corrected chi connectivity index (χ4v) is 1.96. The minimum atomic E-state index is -0.630. The minimum absolute atomic E-state index is 0.0578. The summed E-state index contributed by atoms with van der Waals surface area (Å²) in [4.78, 5) is 15.0. The molecular weight excluding hydrogens is 262 g/mol. The standard InChI is InChI=1S/C9H10ClN5O3/c10-6-5-8(15-9(11)13-6)14-7(12-5)3-2-17-4(1-16)18-3/h3-4,16H,1-2H2,(H3,11,12,13,14,15). The van der Waals surface area contributed by atoms with Crippen LogP contribution in [0.5, 0.6) is 0 Å². The number of nitrogen functional groups attached to an aromatic ring is 1. The van der Waals surface area contributed by atoms with E-state index in [4.69, 9.17) is 31.9 Å². The van der Waals surface area contributed by atoms with Crippen molar-refractivity contribution >= 4 is 28.7 Å². The number of aliphatic hydroxyl groups excluding tert-OH is 1. The molecule has 0 aromatic carbocycles. The van der Waals surface area contributed by atoms with Crippen molar-refractivity contribution in [2.45, 2.75) is 12.4 Å². The van der Waals surface area contributed by atoms with E-state index in [0.29, 0.717) is 23.6 Å². The highest BCUT2D eigenvalue weighted by molar-refractivity contribution is 6.33. The van der Waals surface area contributed by atoms with Crippen LogP contribution in [-0.4, -0.2) is 44.5 Å². The first-order valence-corrected chi connectivity index (χ1v) is 5.61. The van der Waals surface area contributed by atoms with Crippen molar-refractivity contribution in [2.75, 3.05) is 18.9 Å². The number of anilines is 1. The summed E-state index contributed by atoms with van der Waals surface area (Å²) in [5.74, 6) is 0.574. The fourth-order valence-electron chi connectivity index (χ4n) is 1.74. The molecule has 18 heavy (non-hydrogen) atoms. The number of nitrogens with zero attached hydrogens (tertiary/aromatic N) is 3. The van der Waals surface area contributed by atoms with Gasteiger partial charge in [0.2, 0.25) is 5.95 Å². The third-order valence-electron chi connectivity index (χ3n) is 2.55. The van der Waals surface area contributed by atoms with Gasteiger partial charge in [0.1, 0.15) is 17.4 Å². The summed E-state index contributed by atoms with van der Waals surface area (Å²) in [7, 11) is 0. The van der Waals surface area contributed by atoms with Crippen molar-refractivity contribution in [2.24, 2.45) is 0 Å². The monoisotopic (exact) mass is 271 g/mol. The Hall–Kier alpha value is -1.48. The number of imidazole rings is 1. The van der Waals surface area contributed by atoms with Crippen LogP contribution in [0.15, 0.2) is 0 Å². The molecule has 0 saturated carbocycles. The van der Waals surface area contributed by atoms with Gasteiger partial charge in [-0.2, -0.15) is 9.97 Å². The first kappa shape index (κ1) is 11.6. The number of aliphatic hydroxyl groups is 1. The molecule has 1 saturated heterocycles. The van der Waals surface area contributed by atoms with E-state index < -0.39 is 12.4 Å². The van der Waals surface area contributed by atoms with Crippen LogP contribution in [0.4, 0.5) is 5.95 Å². The Balaban J connectivity index is 1.96. The molecule has 8 nitrogen and oxygen atoms in total. The summed E-state index contributed by atoms with van der Waals surface area (Å²) >= 11 is 5.92. The molecule has 2 atom stereocenters. The maximum Gasteiger partial charge on any atom is 0.223 e. The Kier molecular flexibility index (Phi) is 2.78. The molecule has 0 amide bonds. The second kappa shape index (κ2) is 4.32. The second-order valence-electron chi connectivity index (χ2n) is 3.76. The van der Waals surface area contributed by atoms with Crippen LogP contribution in [0.2, 0.25) is 5.15 Å². The largest absolute Gasteiger partial charge is 0.391 e. The summed E-state index contributed by atoms with van der Waals surface area (Å²) in [6.07, 6.45) is -1.02. The van der Waals surface area contributed by atoms with Crippen LogP contribution in [0.3, 0.4) is 0 Å². The predicted molar refractivity (Wildman–Crippen MR) is 61.8 cm³/mol. The summed E-state index contributed by atoms with van der Waals surface area (Å²) in [6.45, 7) is 0.0931. The number of nitrogens with two attached hydrogens (primary N) is 1. The van der Waals surface area contributed by atoms with Gasteiger partial charge in [-0.25, -0.2) is 4.98 Å². The minimum Gasteiger partial charge on any atom is -0.391 e. The molecule has 1 aliphatic heterocycles. The van der Waals surface area contributed by atoms with E-state index in [-0.39, 0.29) is 17.7 Å². The van der Waals surface area contributed by atoms with Gasteiger partial charge >= 0.3 is 0 Å². The molecular formula is C9H10ClN5O3. The first-order chi connectivity index (χ1) is 8.67. The van der Waals surface area contributed by atoms with E-state index in [0.717, 1.165) is 0 Å². The van der Waals surface area contributed by atoms with Gasteiger partial charge in [0, 0.05) is 0 Å². The highest BCUT2D eigenvalue weighted by atomic mass is 35.5. The lowest BCUT2D eigenvalue weighted by atomic mass is 10.4. The molecule has 0 bridgehead atoms. The Labute approximate surface area is 106 Å².